The van der Waals surface area contributed by atoms with E-state index in [1.165, 1.54) is 21.8 Å². The number of ether oxygens (including phenoxy) is 2. The third kappa shape index (κ3) is 6.22. The molecule has 220 valence electrons. The summed E-state index contributed by atoms with van der Waals surface area (Å²) in [4.78, 5) is 45.5. The Morgan fingerprint density at radius 1 is 1.14 bits per heavy atom. The van der Waals surface area contributed by atoms with Gasteiger partial charge in [-0.3, -0.25) is 14.0 Å². The van der Waals surface area contributed by atoms with Crippen molar-refractivity contribution >= 4 is 39.9 Å². The summed E-state index contributed by atoms with van der Waals surface area (Å²) in [6, 6.07) is 14.4. The van der Waals surface area contributed by atoms with Gasteiger partial charge in [-0.2, -0.15) is 10.2 Å². The number of fused-ring (bicyclic) bond motifs is 2. The smallest absolute Gasteiger partial charge is 0.341 e. The van der Waals surface area contributed by atoms with Crippen LogP contribution in [0.3, 0.4) is 0 Å². The molecule has 0 radical (unpaired) electrons. The molecule has 1 amide bonds. The highest BCUT2D eigenvalue weighted by molar-refractivity contribution is 7.17. The lowest BCUT2D eigenvalue weighted by Gasteiger charge is -2.19. The third-order valence-corrected chi connectivity index (χ3v) is 8.41. The predicted molar refractivity (Wildman–Crippen MR) is 166 cm³/mol. The van der Waals surface area contributed by atoms with Crippen LogP contribution in [0.25, 0.3) is 11.7 Å². The van der Waals surface area contributed by atoms with Crippen LogP contribution in [0.1, 0.15) is 72.5 Å². The van der Waals surface area contributed by atoms with E-state index in [2.05, 4.69) is 31.1 Å². The molecule has 1 aliphatic rings. The van der Waals surface area contributed by atoms with Crippen LogP contribution in [-0.2, 0) is 27.8 Å². The molecular formula is C33H32N4O5S. The zero-order chi connectivity index (χ0) is 30.7. The summed E-state index contributed by atoms with van der Waals surface area (Å²) >= 11 is 1.32. The van der Waals surface area contributed by atoms with Crippen LogP contribution in [-0.4, -0.2) is 27.9 Å². The minimum atomic E-state index is -0.760. The van der Waals surface area contributed by atoms with E-state index in [0.717, 1.165) is 35.3 Å². The average molecular weight is 597 g/mol. The number of benzene rings is 1. The van der Waals surface area contributed by atoms with Gasteiger partial charge in [0.15, 0.2) is 0 Å². The zero-order valence-corrected chi connectivity index (χ0v) is 25.3. The fourth-order valence-corrected chi connectivity index (χ4v) is 6.23. The Kier molecular flexibility index (Phi) is 8.46. The monoisotopic (exact) mass is 596 g/mol. The number of hydrogen-bond donors (Lipinski definition) is 1. The first-order chi connectivity index (χ1) is 20.6. The number of nitrogens with one attached hydrogen (secondary N) is 1. The topological polar surface area (TPSA) is 123 Å². The van der Waals surface area contributed by atoms with Gasteiger partial charge < -0.3 is 14.8 Å². The van der Waals surface area contributed by atoms with E-state index in [-0.39, 0.29) is 29.0 Å². The molecular weight excluding hydrogens is 564 g/mol. The van der Waals surface area contributed by atoms with Crippen LogP contribution >= 0.6 is 11.3 Å². The first kappa shape index (κ1) is 29.7. The molecule has 3 aromatic heterocycles. The van der Waals surface area contributed by atoms with Crippen LogP contribution in [0.15, 0.2) is 59.0 Å². The van der Waals surface area contributed by atoms with E-state index in [9.17, 15) is 19.6 Å². The van der Waals surface area contributed by atoms with Gasteiger partial charge in [0.2, 0.25) is 5.88 Å². The van der Waals surface area contributed by atoms with Crippen LogP contribution < -0.4 is 15.6 Å². The number of esters is 1. The van der Waals surface area contributed by atoms with Gasteiger partial charge in [-0.1, -0.05) is 39.0 Å². The Labute approximate surface area is 253 Å². The molecule has 0 bridgehead atoms. The van der Waals surface area contributed by atoms with Crippen molar-refractivity contribution in [1.82, 2.24) is 9.38 Å². The van der Waals surface area contributed by atoms with E-state index >= 15 is 0 Å². The van der Waals surface area contributed by atoms with E-state index in [1.54, 1.807) is 43.5 Å². The quantitative estimate of drug-likeness (QED) is 0.148. The maximum Gasteiger partial charge on any atom is 0.341 e. The number of hydrogen-bond acceptors (Lipinski definition) is 8. The number of pyridine rings is 1. The van der Waals surface area contributed by atoms with Gasteiger partial charge in [0.05, 0.1) is 12.2 Å². The number of anilines is 1. The molecule has 5 rings (SSSR count). The summed E-state index contributed by atoms with van der Waals surface area (Å²) in [5.41, 5.74) is 1.70. The van der Waals surface area contributed by atoms with Crippen molar-refractivity contribution < 1.29 is 19.1 Å². The minimum absolute atomic E-state index is 0.0425. The van der Waals surface area contributed by atoms with Crippen molar-refractivity contribution in [1.29, 1.82) is 5.26 Å². The highest BCUT2D eigenvalue weighted by Crippen LogP contribution is 2.39. The second kappa shape index (κ2) is 12.2. The van der Waals surface area contributed by atoms with Gasteiger partial charge in [-0.15, -0.1) is 11.3 Å². The standard InChI is InChI=1S/C33H32N4O5S/c1-5-41-32(40)27-23-10-6-7-11-25(23)43-30(27)36-28(38)20(19-34)18-24-29(35-26-12-8-9-17-37(26)31(24)39)42-22-15-13-21(14-16-22)33(2,3)4/h8-9,12-18H,5-7,10-11H2,1-4H3,(H,36,38). The first-order valence-electron chi connectivity index (χ1n) is 14.1. The molecule has 1 aliphatic carbocycles. The highest BCUT2D eigenvalue weighted by atomic mass is 32.1. The lowest BCUT2D eigenvalue weighted by molar-refractivity contribution is -0.112. The Hall–Kier alpha value is -4.75. The maximum absolute atomic E-state index is 13.6. The summed E-state index contributed by atoms with van der Waals surface area (Å²) in [6.07, 6.45) is 6.19. The Morgan fingerprint density at radius 2 is 1.88 bits per heavy atom. The average Bonchev–Trinajstić information content (AvgIpc) is 3.35. The first-order valence-corrected chi connectivity index (χ1v) is 15.0. The number of carbonyl (C=O) groups excluding carboxylic acids is 2. The normalized spacial score (nSPS) is 13.2. The minimum Gasteiger partial charge on any atom is -0.462 e. The largest absolute Gasteiger partial charge is 0.462 e. The number of nitriles is 1. The number of thiophene rings is 1. The van der Waals surface area contributed by atoms with E-state index in [1.807, 2.05) is 18.2 Å². The molecule has 0 spiro atoms. The van der Waals surface area contributed by atoms with Crippen molar-refractivity contribution in [2.45, 2.75) is 58.8 Å². The summed E-state index contributed by atoms with van der Waals surface area (Å²) in [5.74, 6) is -0.866. The number of carbonyl (C=O) groups is 2. The lowest BCUT2D eigenvalue weighted by atomic mass is 9.87. The lowest BCUT2D eigenvalue weighted by Crippen LogP contribution is -2.20. The Bertz CT molecular complexity index is 1840. The van der Waals surface area contributed by atoms with Crippen molar-refractivity contribution in [2.75, 3.05) is 11.9 Å². The summed E-state index contributed by atoms with van der Waals surface area (Å²) in [5, 5.41) is 13.1. The summed E-state index contributed by atoms with van der Waals surface area (Å²) < 4.78 is 12.7. The molecule has 4 aromatic rings. The molecule has 3 heterocycles. The van der Waals surface area contributed by atoms with Gasteiger partial charge in [0.25, 0.3) is 11.5 Å². The molecule has 0 unspecified atom stereocenters. The van der Waals surface area contributed by atoms with Gasteiger partial charge in [0.1, 0.15) is 33.6 Å². The predicted octanol–water partition coefficient (Wildman–Crippen LogP) is 6.45. The molecule has 1 N–H and O–H groups in total. The van der Waals surface area contributed by atoms with Crippen molar-refractivity contribution in [3.05, 3.63) is 91.7 Å². The van der Waals surface area contributed by atoms with E-state index in [4.69, 9.17) is 9.47 Å². The Morgan fingerprint density at radius 3 is 2.58 bits per heavy atom. The molecule has 0 fully saturated rings. The maximum atomic E-state index is 13.6. The number of amides is 1. The van der Waals surface area contributed by atoms with Crippen LogP contribution in [0, 0.1) is 11.3 Å². The molecule has 0 saturated carbocycles. The summed E-state index contributed by atoms with van der Waals surface area (Å²) in [6.45, 7) is 8.23. The van der Waals surface area contributed by atoms with Gasteiger partial charge in [-0.25, -0.2) is 4.79 Å². The van der Waals surface area contributed by atoms with Gasteiger partial charge >= 0.3 is 5.97 Å². The van der Waals surface area contributed by atoms with Crippen LogP contribution in [0.2, 0.25) is 0 Å². The summed E-state index contributed by atoms with van der Waals surface area (Å²) in [7, 11) is 0. The van der Waals surface area contributed by atoms with Crippen molar-refractivity contribution in [3.8, 4) is 17.7 Å². The second-order valence-electron chi connectivity index (χ2n) is 11.2. The molecule has 0 aliphatic heterocycles. The highest BCUT2D eigenvalue weighted by Gasteiger charge is 2.28. The van der Waals surface area contributed by atoms with Crippen molar-refractivity contribution in [3.63, 3.8) is 0 Å². The van der Waals surface area contributed by atoms with E-state index < -0.39 is 17.4 Å². The second-order valence-corrected chi connectivity index (χ2v) is 12.3. The number of nitrogens with zero attached hydrogens (tertiary/aromatic N) is 3. The van der Waals surface area contributed by atoms with E-state index in [0.29, 0.717) is 28.4 Å². The number of aromatic nitrogens is 2. The Balaban J connectivity index is 1.54. The number of rotatable bonds is 7. The van der Waals surface area contributed by atoms with Crippen molar-refractivity contribution in [2.24, 2.45) is 0 Å². The fourth-order valence-electron chi connectivity index (χ4n) is 4.95. The zero-order valence-electron chi connectivity index (χ0n) is 24.5. The van der Waals surface area contributed by atoms with Crippen LogP contribution in [0.5, 0.6) is 11.6 Å². The van der Waals surface area contributed by atoms with Gasteiger partial charge in [-0.05, 0) is 79.5 Å². The molecule has 9 nitrogen and oxygen atoms in total. The van der Waals surface area contributed by atoms with Crippen LogP contribution in [0.4, 0.5) is 5.00 Å². The molecule has 43 heavy (non-hydrogen) atoms. The molecule has 1 aromatic carbocycles. The fraction of sp³-hybridized carbons (Fsp3) is 0.303. The molecule has 10 heteroatoms. The number of aryl methyl sites for hydroxylation is 1. The third-order valence-electron chi connectivity index (χ3n) is 7.20. The van der Waals surface area contributed by atoms with Gasteiger partial charge in [0, 0.05) is 11.1 Å². The molecule has 0 saturated heterocycles. The molecule has 0 atom stereocenters. The SMILES string of the molecule is CCOC(=O)c1c(NC(=O)C(C#N)=Cc2c(Oc3ccc(C(C)(C)C)cc3)nc3ccccn3c2=O)sc2c1CCCC2.